The zero-order chi connectivity index (χ0) is 14.9. The van der Waals surface area contributed by atoms with E-state index >= 15 is 0 Å². The van der Waals surface area contributed by atoms with Crippen molar-refractivity contribution in [3.8, 4) is 0 Å². The van der Waals surface area contributed by atoms with E-state index in [0.29, 0.717) is 0 Å². The largest absolute Gasteiger partial charge is 0.394 e. The van der Waals surface area contributed by atoms with Crippen molar-refractivity contribution in [2.24, 2.45) is 5.73 Å². The fourth-order valence-corrected chi connectivity index (χ4v) is 2.21. The molecule has 0 aromatic carbocycles. The Kier molecular flexibility index (Phi) is 4.23. The van der Waals surface area contributed by atoms with Crippen LogP contribution in [0.4, 0.5) is 0 Å². The van der Waals surface area contributed by atoms with E-state index < -0.39 is 43.0 Å². The molecule has 0 saturated carbocycles. The molecule has 2 aliphatic heterocycles. The lowest BCUT2D eigenvalue weighted by molar-refractivity contribution is -0.125. The van der Waals surface area contributed by atoms with Crippen molar-refractivity contribution in [2.75, 3.05) is 13.3 Å². The number of rotatable bonds is 4. The molecule has 0 radical (unpaired) electrons. The van der Waals surface area contributed by atoms with E-state index in [4.69, 9.17) is 15.6 Å². The van der Waals surface area contributed by atoms with Crippen LogP contribution in [-0.2, 0) is 14.3 Å². The number of nitrogens with two attached hydrogens (primary N) is 1. The van der Waals surface area contributed by atoms with Gasteiger partial charge in [-0.1, -0.05) is 0 Å². The Bertz CT molecular complexity index is 440. The monoisotopic (exact) mass is 287 g/mol. The smallest absolute Gasteiger partial charge is 0.250 e. The van der Waals surface area contributed by atoms with Gasteiger partial charge in [-0.2, -0.15) is 0 Å². The quantitative estimate of drug-likeness (QED) is 0.362. The number of aliphatic hydroxyl groups excluding tert-OH is 3. The topological polar surface area (TPSA) is 145 Å². The minimum absolute atomic E-state index is 0.0493. The number of hydrogen-bond acceptors (Lipinski definition) is 7. The molecule has 0 aromatic rings. The number of nitrogens with one attached hydrogen (secondary N) is 1. The van der Waals surface area contributed by atoms with E-state index in [1.165, 1.54) is 11.1 Å². The first kappa shape index (κ1) is 14.7. The lowest BCUT2D eigenvalue weighted by Gasteiger charge is -2.33. The van der Waals surface area contributed by atoms with Gasteiger partial charge in [0, 0.05) is 11.8 Å². The summed E-state index contributed by atoms with van der Waals surface area (Å²) in [4.78, 5) is 23.9. The van der Waals surface area contributed by atoms with Gasteiger partial charge in [0.1, 0.15) is 18.3 Å². The van der Waals surface area contributed by atoms with Gasteiger partial charge in [-0.3, -0.25) is 9.59 Å². The molecule has 2 rings (SSSR count). The van der Waals surface area contributed by atoms with Crippen molar-refractivity contribution in [1.29, 1.82) is 0 Å². The van der Waals surface area contributed by atoms with Gasteiger partial charge < -0.3 is 36.0 Å². The highest BCUT2D eigenvalue weighted by atomic mass is 16.6. The molecule has 4 unspecified atom stereocenters. The molecule has 2 amide bonds. The second-order valence-corrected chi connectivity index (χ2v) is 4.70. The van der Waals surface area contributed by atoms with E-state index in [2.05, 4.69) is 5.32 Å². The fourth-order valence-electron chi connectivity index (χ4n) is 2.21. The number of amides is 2. The summed E-state index contributed by atoms with van der Waals surface area (Å²) in [6, 6.07) is 0. The zero-order valence-corrected chi connectivity index (χ0v) is 10.6. The average molecular weight is 287 g/mol. The van der Waals surface area contributed by atoms with Crippen LogP contribution in [0.5, 0.6) is 0 Å². The lowest BCUT2D eigenvalue weighted by Crippen LogP contribution is -2.50. The highest BCUT2D eigenvalue weighted by Crippen LogP contribution is 2.25. The molecular weight excluding hydrogens is 270 g/mol. The van der Waals surface area contributed by atoms with Gasteiger partial charge in [-0.15, -0.1) is 0 Å². The Labute approximate surface area is 114 Å². The summed E-state index contributed by atoms with van der Waals surface area (Å²) < 4.78 is 5.33. The molecule has 112 valence electrons. The second-order valence-electron chi connectivity index (χ2n) is 4.70. The molecule has 6 N–H and O–H groups in total. The average Bonchev–Trinajstić information content (AvgIpc) is 2.68. The standard InChI is InChI=1S/C11H17N3O6/c12-7(16)1-5-2-14(4-13-10(5)19)11-9(18)8(17)6(3-15)20-11/h2,6,8-9,11,15,17-18H,1,3-4H2,(H2,12,16)(H,13,19). The molecule has 1 fully saturated rings. The van der Waals surface area contributed by atoms with Gasteiger partial charge >= 0.3 is 0 Å². The number of ether oxygens (including phenoxy) is 1. The van der Waals surface area contributed by atoms with Gasteiger partial charge in [0.25, 0.3) is 5.91 Å². The molecule has 4 atom stereocenters. The molecule has 0 aliphatic carbocycles. The summed E-state index contributed by atoms with van der Waals surface area (Å²) in [5.74, 6) is -1.08. The van der Waals surface area contributed by atoms with Crippen LogP contribution < -0.4 is 11.1 Å². The molecule has 0 bridgehead atoms. The maximum absolute atomic E-state index is 11.6. The third-order valence-electron chi connectivity index (χ3n) is 3.24. The Hall–Kier alpha value is -1.68. The maximum atomic E-state index is 11.6. The van der Waals surface area contributed by atoms with Gasteiger partial charge in [0.2, 0.25) is 5.91 Å². The molecule has 20 heavy (non-hydrogen) atoms. The summed E-state index contributed by atoms with van der Waals surface area (Å²) in [5.41, 5.74) is 5.19. The number of carbonyl (C=O) groups excluding carboxylic acids is 2. The highest BCUT2D eigenvalue weighted by Gasteiger charge is 2.45. The first-order chi connectivity index (χ1) is 9.43. The SMILES string of the molecule is NC(=O)CC1=CN(C2OC(CO)C(O)C2O)CNC1=O. The summed E-state index contributed by atoms with van der Waals surface area (Å²) in [6.07, 6.45) is -3.17. The van der Waals surface area contributed by atoms with Crippen LogP contribution in [0.25, 0.3) is 0 Å². The van der Waals surface area contributed by atoms with Crippen molar-refractivity contribution in [1.82, 2.24) is 10.2 Å². The molecule has 9 heteroatoms. The Balaban J connectivity index is 2.14. The molecule has 1 saturated heterocycles. The maximum Gasteiger partial charge on any atom is 0.250 e. The van der Waals surface area contributed by atoms with Crippen LogP contribution in [0.1, 0.15) is 6.42 Å². The van der Waals surface area contributed by atoms with Crippen molar-refractivity contribution >= 4 is 11.8 Å². The first-order valence-electron chi connectivity index (χ1n) is 6.09. The number of nitrogens with zero attached hydrogens (tertiary/aromatic N) is 1. The number of aliphatic hydroxyl groups is 3. The van der Waals surface area contributed by atoms with Crippen LogP contribution in [0.15, 0.2) is 11.8 Å². The Morgan fingerprint density at radius 2 is 2.20 bits per heavy atom. The van der Waals surface area contributed by atoms with Crippen molar-refractivity contribution in [3.05, 3.63) is 11.8 Å². The van der Waals surface area contributed by atoms with E-state index in [-0.39, 0.29) is 18.7 Å². The fraction of sp³-hybridized carbons (Fsp3) is 0.636. The van der Waals surface area contributed by atoms with Crippen molar-refractivity contribution in [3.63, 3.8) is 0 Å². The number of hydrogen-bond donors (Lipinski definition) is 5. The van der Waals surface area contributed by atoms with Gasteiger partial charge in [0.15, 0.2) is 6.23 Å². The predicted octanol–water partition coefficient (Wildman–Crippen LogP) is -3.43. The summed E-state index contributed by atoms with van der Waals surface area (Å²) in [5, 5.41) is 31.1. The molecule has 0 spiro atoms. The minimum atomic E-state index is -1.24. The predicted molar refractivity (Wildman–Crippen MR) is 64.5 cm³/mol. The van der Waals surface area contributed by atoms with E-state index in [1.807, 2.05) is 0 Å². The van der Waals surface area contributed by atoms with Gasteiger partial charge in [-0.25, -0.2) is 0 Å². The Morgan fingerprint density at radius 3 is 2.75 bits per heavy atom. The second kappa shape index (κ2) is 5.75. The molecule has 9 nitrogen and oxygen atoms in total. The first-order valence-corrected chi connectivity index (χ1v) is 6.09. The minimum Gasteiger partial charge on any atom is -0.394 e. The van der Waals surface area contributed by atoms with Crippen LogP contribution in [-0.4, -0.2) is 69.8 Å². The zero-order valence-electron chi connectivity index (χ0n) is 10.6. The van der Waals surface area contributed by atoms with E-state index in [9.17, 15) is 19.8 Å². The van der Waals surface area contributed by atoms with Crippen LogP contribution in [0.3, 0.4) is 0 Å². The van der Waals surface area contributed by atoms with E-state index in [1.54, 1.807) is 0 Å². The summed E-state index contributed by atoms with van der Waals surface area (Å²) >= 11 is 0. The van der Waals surface area contributed by atoms with Crippen LogP contribution in [0.2, 0.25) is 0 Å². The molecule has 0 aromatic heterocycles. The molecule has 2 heterocycles. The normalized spacial score (nSPS) is 33.9. The number of carbonyl (C=O) groups is 2. The Morgan fingerprint density at radius 1 is 1.50 bits per heavy atom. The third-order valence-corrected chi connectivity index (χ3v) is 3.24. The van der Waals surface area contributed by atoms with E-state index in [0.717, 1.165) is 0 Å². The number of primary amides is 1. The van der Waals surface area contributed by atoms with Crippen molar-refractivity contribution in [2.45, 2.75) is 31.0 Å². The van der Waals surface area contributed by atoms with Gasteiger partial charge in [-0.05, 0) is 0 Å². The summed E-state index contributed by atoms with van der Waals surface area (Å²) in [6.45, 7) is -0.388. The summed E-state index contributed by atoms with van der Waals surface area (Å²) in [7, 11) is 0. The van der Waals surface area contributed by atoms with Crippen LogP contribution >= 0.6 is 0 Å². The van der Waals surface area contributed by atoms with Gasteiger partial charge in [0.05, 0.1) is 19.7 Å². The molecule has 2 aliphatic rings. The third kappa shape index (κ3) is 2.75. The molecular formula is C11H17N3O6. The highest BCUT2D eigenvalue weighted by molar-refractivity contribution is 5.98. The van der Waals surface area contributed by atoms with Crippen molar-refractivity contribution < 1.29 is 29.6 Å². The van der Waals surface area contributed by atoms with Crippen LogP contribution in [0, 0.1) is 0 Å². The lowest BCUT2D eigenvalue weighted by atomic mass is 10.1.